The van der Waals surface area contributed by atoms with Crippen LogP contribution in [-0.2, 0) is 0 Å². The molecule has 1 aliphatic rings. The van der Waals surface area contributed by atoms with Gasteiger partial charge in [-0.25, -0.2) is 13.9 Å². The molecule has 5 N–H and O–H groups in total. The minimum absolute atomic E-state index is 0.0460. The SMILES string of the molecule is CCNc1cc(NC2CCC(N)CC2)nn2c(C(=O)Nc3ccncc3F)cnc12. The van der Waals surface area contributed by atoms with Crippen molar-refractivity contribution >= 4 is 28.7 Å². The zero-order valence-electron chi connectivity index (χ0n) is 16.7. The van der Waals surface area contributed by atoms with Crippen molar-refractivity contribution in [2.24, 2.45) is 5.73 Å². The first-order chi connectivity index (χ1) is 14.5. The van der Waals surface area contributed by atoms with Crippen LogP contribution in [0.5, 0.6) is 0 Å². The predicted octanol–water partition coefficient (Wildman–Crippen LogP) is 2.63. The molecule has 1 aliphatic carbocycles. The molecule has 0 saturated heterocycles. The zero-order valence-corrected chi connectivity index (χ0v) is 16.7. The number of fused-ring (bicyclic) bond motifs is 1. The van der Waals surface area contributed by atoms with Gasteiger partial charge in [0.2, 0.25) is 0 Å². The van der Waals surface area contributed by atoms with Crippen molar-refractivity contribution < 1.29 is 9.18 Å². The Morgan fingerprint density at radius 3 is 2.80 bits per heavy atom. The normalized spacial score (nSPS) is 18.9. The van der Waals surface area contributed by atoms with E-state index in [4.69, 9.17) is 5.73 Å². The fourth-order valence-electron chi connectivity index (χ4n) is 3.65. The minimum Gasteiger partial charge on any atom is -0.382 e. The van der Waals surface area contributed by atoms with Gasteiger partial charge in [-0.2, -0.15) is 0 Å². The molecule has 0 bridgehead atoms. The minimum atomic E-state index is -0.612. The number of hydrogen-bond donors (Lipinski definition) is 4. The number of aromatic nitrogens is 4. The summed E-state index contributed by atoms with van der Waals surface area (Å²) >= 11 is 0. The molecule has 9 nitrogen and oxygen atoms in total. The van der Waals surface area contributed by atoms with Crippen LogP contribution in [0.3, 0.4) is 0 Å². The van der Waals surface area contributed by atoms with E-state index in [0.29, 0.717) is 18.0 Å². The van der Waals surface area contributed by atoms with E-state index in [1.54, 1.807) is 0 Å². The van der Waals surface area contributed by atoms with Crippen LogP contribution < -0.4 is 21.7 Å². The smallest absolute Gasteiger partial charge is 0.276 e. The lowest BCUT2D eigenvalue weighted by molar-refractivity contribution is 0.102. The van der Waals surface area contributed by atoms with Gasteiger partial charge in [-0.1, -0.05) is 0 Å². The second kappa shape index (κ2) is 8.62. The largest absolute Gasteiger partial charge is 0.382 e. The van der Waals surface area contributed by atoms with Crippen LogP contribution in [0.15, 0.2) is 30.7 Å². The van der Waals surface area contributed by atoms with E-state index in [0.717, 1.165) is 37.6 Å². The van der Waals surface area contributed by atoms with Crippen molar-refractivity contribution in [3.8, 4) is 0 Å². The van der Waals surface area contributed by atoms with E-state index in [-0.39, 0.29) is 23.5 Å². The Balaban J connectivity index is 1.64. The predicted molar refractivity (Wildman–Crippen MR) is 113 cm³/mol. The first-order valence-corrected chi connectivity index (χ1v) is 10.1. The fourth-order valence-corrected chi connectivity index (χ4v) is 3.65. The van der Waals surface area contributed by atoms with Gasteiger partial charge in [-0.05, 0) is 38.7 Å². The fraction of sp³-hybridized carbons (Fsp3) is 0.400. The molecule has 10 heteroatoms. The number of hydrogen-bond acceptors (Lipinski definition) is 7. The van der Waals surface area contributed by atoms with E-state index < -0.39 is 11.7 Å². The lowest BCUT2D eigenvalue weighted by Gasteiger charge is -2.27. The molecule has 0 aromatic carbocycles. The van der Waals surface area contributed by atoms with Crippen molar-refractivity contribution in [1.82, 2.24) is 19.6 Å². The van der Waals surface area contributed by atoms with Crippen LogP contribution in [0.25, 0.3) is 5.65 Å². The van der Waals surface area contributed by atoms with Gasteiger partial charge < -0.3 is 21.7 Å². The maximum absolute atomic E-state index is 13.9. The van der Waals surface area contributed by atoms with E-state index in [1.165, 1.54) is 23.0 Å². The number of rotatable bonds is 6. The lowest BCUT2D eigenvalue weighted by Crippen LogP contribution is -2.33. The Morgan fingerprint density at radius 1 is 1.27 bits per heavy atom. The number of pyridine rings is 1. The van der Waals surface area contributed by atoms with Crippen LogP contribution in [0, 0.1) is 5.82 Å². The average Bonchev–Trinajstić information content (AvgIpc) is 3.16. The molecule has 0 spiro atoms. The average molecular weight is 412 g/mol. The molecule has 3 heterocycles. The highest BCUT2D eigenvalue weighted by atomic mass is 19.1. The van der Waals surface area contributed by atoms with Crippen molar-refractivity contribution in [2.45, 2.75) is 44.7 Å². The zero-order chi connectivity index (χ0) is 21.1. The van der Waals surface area contributed by atoms with Crippen LogP contribution in [-0.4, -0.2) is 44.1 Å². The number of nitrogens with two attached hydrogens (primary N) is 1. The standard InChI is InChI=1S/C20H25FN8O/c1-2-24-16-9-18(26-13-5-3-12(22)4-6-13)28-29-17(11-25-19(16)29)20(30)27-15-7-8-23-10-14(15)21/h7-13,24H,2-6,22H2,1H3,(H,26,28)(H,23,27,30). The Hall–Kier alpha value is -3.27. The molecule has 0 aliphatic heterocycles. The number of amides is 1. The number of carbonyl (C=O) groups excluding carboxylic acids is 1. The molecular weight excluding hydrogens is 387 g/mol. The number of nitrogens with one attached hydrogen (secondary N) is 3. The molecule has 4 rings (SSSR count). The monoisotopic (exact) mass is 412 g/mol. The van der Waals surface area contributed by atoms with Gasteiger partial charge in [0, 0.05) is 30.9 Å². The van der Waals surface area contributed by atoms with Crippen LogP contribution in [0.1, 0.15) is 43.1 Å². The summed E-state index contributed by atoms with van der Waals surface area (Å²) in [6.07, 6.45) is 7.76. The molecule has 1 fully saturated rings. The highest BCUT2D eigenvalue weighted by Gasteiger charge is 2.21. The first-order valence-electron chi connectivity index (χ1n) is 10.1. The maximum Gasteiger partial charge on any atom is 0.276 e. The number of carbonyl (C=O) groups is 1. The molecular formula is C20H25FN8O. The van der Waals surface area contributed by atoms with Gasteiger partial charge in [0.05, 0.1) is 23.8 Å². The molecule has 0 unspecified atom stereocenters. The quantitative estimate of drug-likeness (QED) is 0.491. The molecule has 0 atom stereocenters. The van der Waals surface area contributed by atoms with Gasteiger partial charge in [0.25, 0.3) is 5.91 Å². The Labute approximate surface area is 173 Å². The number of halogens is 1. The van der Waals surface area contributed by atoms with Gasteiger partial charge in [0.15, 0.2) is 17.2 Å². The van der Waals surface area contributed by atoms with Gasteiger partial charge in [-0.3, -0.25) is 9.78 Å². The van der Waals surface area contributed by atoms with Gasteiger partial charge in [-0.15, -0.1) is 5.10 Å². The highest BCUT2D eigenvalue weighted by molar-refractivity contribution is 6.03. The van der Waals surface area contributed by atoms with E-state index in [1.807, 2.05) is 13.0 Å². The summed E-state index contributed by atoms with van der Waals surface area (Å²) in [6, 6.07) is 3.82. The van der Waals surface area contributed by atoms with Crippen molar-refractivity contribution in [3.05, 3.63) is 42.2 Å². The highest BCUT2D eigenvalue weighted by Crippen LogP contribution is 2.25. The molecule has 1 amide bonds. The summed E-state index contributed by atoms with van der Waals surface area (Å²) in [4.78, 5) is 20.8. The third kappa shape index (κ3) is 4.18. The first kappa shape index (κ1) is 20.0. The summed E-state index contributed by atoms with van der Waals surface area (Å²) in [5.74, 6) is -0.483. The van der Waals surface area contributed by atoms with Crippen molar-refractivity contribution in [1.29, 1.82) is 0 Å². The topological polar surface area (TPSA) is 122 Å². The number of anilines is 3. The summed E-state index contributed by atoms with van der Waals surface area (Å²) < 4.78 is 15.4. The molecule has 1 saturated carbocycles. The third-order valence-electron chi connectivity index (χ3n) is 5.21. The maximum atomic E-state index is 13.9. The third-order valence-corrected chi connectivity index (χ3v) is 5.21. The van der Waals surface area contributed by atoms with Gasteiger partial charge >= 0.3 is 0 Å². The second-order valence-electron chi connectivity index (χ2n) is 7.42. The summed E-state index contributed by atoms with van der Waals surface area (Å²) in [6.45, 7) is 2.67. The summed E-state index contributed by atoms with van der Waals surface area (Å²) in [7, 11) is 0. The Bertz CT molecular complexity index is 1040. The van der Waals surface area contributed by atoms with Gasteiger partial charge in [0.1, 0.15) is 5.82 Å². The van der Waals surface area contributed by atoms with Crippen molar-refractivity contribution in [3.63, 3.8) is 0 Å². The van der Waals surface area contributed by atoms with Crippen LogP contribution in [0.4, 0.5) is 21.6 Å². The molecule has 0 radical (unpaired) electrons. The van der Waals surface area contributed by atoms with E-state index in [9.17, 15) is 9.18 Å². The van der Waals surface area contributed by atoms with E-state index >= 15 is 0 Å². The second-order valence-corrected chi connectivity index (χ2v) is 7.42. The summed E-state index contributed by atoms with van der Waals surface area (Å²) in [5.41, 5.74) is 7.53. The summed E-state index contributed by atoms with van der Waals surface area (Å²) in [5, 5.41) is 13.8. The molecule has 158 valence electrons. The number of imidazole rings is 1. The van der Waals surface area contributed by atoms with E-state index in [2.05, 4.69) is 31.0 Å². The molecule has 3 aromatic rings. The Morgan fingerprint density at radius 2 is 2.07 bits per heavy atom. The Kier molecular flexibility index (Phi) is 5.75. The molecule has 30 heavy (non-hydrogen) atoms. The molecule has 3 aromatic heterocycles. The lowest BCUT2D eigenvalue weighted by atomic mass is 9.92. The number of nitrogens with zero attached hydrogens (tertiary/aromatic N) is 4. The van der Waals surface area contributed by atoms with Crippen molar-refractivity contribution in [2.75, 3.05) is 22.5 Å². The van der Waals surface area contributed by atoms with Crippen LogP contribution >= 0.6 is 0 Å². The van der Waals surface area contributed by atoms with Crippen LogP contribution in [0.2, 0.25) is 0 Å².